The maximum absolute atomic E-state index is 9.54. The van der Waals surface area contributed by atoms with Crippen molar-refractivity contribution in [3.8, 4) is 5.75 Å². The summed E-state index contributed by atoms with van der Waals surface area (Å²) in [4.78, 5) is 0. The standard InChI is InChI=1S/C18H23NO2/c1-21-18-7-5-15-8-13(2-4-16(15)10-18)11-19-12-14-3-6-17(20)9-14/h2,4-5,7-8,10,14,17,19-20H,3,6,9,11-12H2,1H3. The van der Waals surface area contributed by atoms with E-state index in [9.17, 15) is 5.11 Å². The van der Waals surface area contributed by atoms with E-state index < -0.39 is 0 Å². The molecule has 0 aromatic heterocycles. The van der Waals surface area contributed by atoms with Crippen LogP contribution in [0.1, 0.15) is 24.8 Å². The van der Waals surface area contributed by atoms with E-state index in [1.807, 2.05) is 6.07 Å². The molecule has 0 amide bonds. The number of benzene rings is 2. The number of rotatable bonds is 5. The van der Waals surface area contributed by atoms with Gasteiger partial charge in [-0.05, 0) is 66.3 Å². The van der Waals surface area contributed by atoms with Crippen molar-refractivity contribution in [2.75, 3.05) is 13.7 Å². The molecule has 2 aromatic rings. The molecule has 2 atom stereocenters. The number of aliphatic hydroxyl groups excluding tert-OH is 1. The van der Waals surface area contributed by atoms with Crippen LogP contribution < -0.4 is 10.1 Å². The third-order valence-electron chi connectivity index (χ3n) is 4.39. The number of hydrogen-bond donors (Lipinski definition) is 2. The molecule has 3 rings (SSSR count). The van der Waals surface area contributed by atoms with E-state index in [-0.39, 0.29) is 6.10 Å². The third-order valence-corrected chi connectivity index (χ3v) is 4.39. The van der Waals surface area contributed by atoms with Crippen LogP contribution in [-0.4, -0.2) is 24.9 Å². The summed E-state index contributed by atoms with van der Waals surface area (Å²) >= 11 is 0. The van der Waals surface area contributed by atoms with E-state index in [0.29, 0.717) is 5.92 Å². The minimum Gasteiger partial charge on any atom is -0.497 e. The average molecular weight is 285 g/mol. The summed E-state index contributed by atoms with van der Waals surface area (Å²) in [5, 5.41) is 15.5. The third kappa shape index (κ3) is 3.55. The largest absolute Gasteiger partial charge is 0.497 e. The molecule has 2 unspecified atom stereocenters. The quantitative estimate of drug-likeness (QED) is 0.887. The van der Waals surface area contributed by atoms with Crippen LogP contribution in [-0.2, 0) is 6.54 Å². The van der Waals surface area contributed by atoms with Gasteiger partial charge in [0.15, 0.2) is 0 Å². The fraction of sp³-hybridized carbons (Fsp3) is 0.444. The molecule has 0 heterocycles. The first kappa shape index (κ1) is 14.4. The number of nitrogens with one attached hydrogen (secondary N) is 1. The van der Waals surface area contributed by atoms with Gasteiger partial charge >= 0.3 is 0 Å². The average Bonchev–Trinajstić information content (AvgIpc) is 2.92. The maximum Gasteiger partial charge on any atom is 0.119 e. The van der Waals surface area contributed by atoms with Crippen molar-refractivity contribution in [1.29, 1.82) is 0 Å². The van der Waals surface area contributed by atoms with Crippen LogP contribution in [0.2, 0.25) is 0 Å². The van der Waals surface area contributed by atoms with Crippen LogP contribution in [0.5, 0.6) is 5.75 Å². The van der Waals surface area contributed by atoms with Gasteiger partial charge in [-0.1, -0.05) is 18.2 Å². The van der Waals surface area contributed by atoms with Gasteiger partial charge < -0.3 is 15.2 Å². The van der Waals surface area contributed by atoms with Crippen molar-refractivity contribution in [3.05, 3.63) is 42.0 Å². The molecule has 3 nitrogen and oxygen atoms in total. The summed E-state index contributed by atoms with van der Waals surface area (Å²) in [6.07, 6.45) is 2.98. The molecular weight excluding hydrogens is 262 g/mol. The molecule has 2 N–H and O–H groups in total. The Morgan fingerprint density at radius 2 is 1.95 bits per heavy atom. The van der Waals surface area contributed by atoms with Crippen molar-refractivity contribution in [1.82, 2.24) is 5.32 Å². The Kier molecular flexibility index (Phi) is 4.42. The van der Waals surface area contributed by atoms with Crippen LogP contribution in [0.15, 0.2) is 36.4 Å². The van der Waals surface area contributed by atoms with Gasteiger partial charge in [-0.3, -0.25) is 0 Å². The molecule has 21 heavy (non-hydrogen) atoms. The lowest BCUT2D eigenvalue weighted by Gasteiger charge is -2.11. The SMILES string of the molecule is COc1ccc2cc(CNCC3CCC(O)C3)ccc2c1. The number of ether oxygens (including phenoxy) is 1. The highest BCUT2D eigenvalue weighted by molar-refractivity contribution is 5.84. The van der Waals surface area contributed by atoms with Gasteiger partial charge in [-0.25, -0.2) is 0 Å². The Morgan fingerprint density at radius 3 is 2.71 bits per heavy atom. The van der Waals surface area contributed by atoms with Gasteiger partial charge in [0.1, 0.15) is 5.75 Å². The second kappa shape index (κ2) is 6.46. The molecule has 1 saturated carbocycles. The van der Waals surface area contributed by atoms with Gasteiger partial charge in [0.25, 0.3) is 0 Å². The molecule has 0 aliphatic heterocycles. The van der Waals surface area contributed by atoms with E-state index in [4.69, 9.17) is 4.74 Å². The minimum absolute atomic E-state index is 0.0764. The Hall–Kier alpha value is -1.58. The van der Waals surface area contributed by atoms with Crippen molar-refractivity contribution in [3.63, 3.8) is 0 Å². The summed E-state index contributed by atoms with van der Waals surface area (Å²) in [6.45, 7) is 1.88. The molecule has 0 saturated heterocycles. The highest BCUT2D eigenvalue weighted by atomic mass is 16.5. The molecule has 112 valence electrons. The summed E-state index contributed by atoms with van der Waals surface area (Å²) < 4.78 is 5.25. The number of hydrogen-bond acceptors (Lipinski definition) is 3. The highest BCUT2D eigenvalue weighted by Crippen LogP contribution is 2.25. The molecule has 3 heteroatoms. The van der Waals surface area contributed by atoms with Crippen molar-refractivity contribution in [2.24, 2.45) is 5.92 Å². The smallest absolute Gasteiger partial charge is 0.119 e. The van der Waals surface area contributed by atoms with Crippen LogP contribution in [0, 0.1) is 5.92 Å². The predicted octanol–water partition coefficient (Wildman–Crippen LogP) is 3.10. The first-order valence-electron chi connectivity index (χ1n) is 7.70. The first-order chi connectivity index (χ1) is 10.2. The fourth-order valence-electron chi connectivity index (χ4n) is 3.16. The van der Waals surface area contributed by atoms with Crippen LogP contribution in [0.4, 0.5) is 0 Å². The molecule has 1 aliphatic rings. The van der Waals surface area contributed by atoms with Crippen molar-refractivity contribution in [2.45, 2.75) is 31.9 Å². The van der Waals surface area contributed by atoms with Gasteiger partial charge in [-0.15, -0.1) is 0 Å². The molecule has 0 bridgehead atoms. The van der Waals surface area contributed by atoms with E-state index in [1.165, 1.54) is 16.3 Å². The van der Waals surface area contributed by atoms with Gasteiger partial charge in [0, 0.05) is 6.54 Å². The monoisotopic (exact) mass is 285 g/mol. The molecule has 2 aromatic carbocycles. The molecular formula is C18H23NO2. The van der Waals surface area contributed by atoms with Crippen LogP contribution in [0.25, 0.3) is 10.8 Å². The normalized spacial score (nSPS) is 21.8. The van der Waals surface area contributed by atoms with E-state index in [0.717, 1.165) is 38.1 Å². The highest BCUT2D eigenvalue weighted by Gasteiger charge is 2.21. The lowest BCUT2D eigenvalue weighted by molar-refractivity contribution is 0.177. The summed E-state index contributed by atoms with van der Waals surface area (Å²) in [5.41, 5.74) is 1.30. The number of methoxy groups -OCH3 is 1. The minimum atomic E-state index is -0.0764. The van der Waals surface area contributed by atoms with E-state index in [1.54, 1.807) is 7.11 Å². The lowest BCUT2D eigenvalue weighted by Crippen LogP contribution is -2.21. The fourth-order valence-corrected chi connectivity index (χ4v) is 3.16. The number of fused-ring (bicyclic) bond motifs is 1. The second-order valence-electron chi connectivity index (χ2n) is 6.01. The number of aliphatic hydroxyl groups is 1. The Bertz CT molecular complexity index is 611. The van der Waals surface area contributed by atoms with E-state index in [2.05, 4.69) is 35.6 Å². The molecule has 1 fully saturated rings. The molecule has 0 spiro atoms. The Morgan fingerprint density at radius 1 is 1.14 bits per heavy atom. The lowest BCUT2D eigenvalue weighted by atomic mass is 10.1. The van der Waals surface area contributed by atoms with Crippen molar-refractivity contribution >= 4 is 10.8 Å². The zero-order valence-corrected chi connectivity index (χ0v) is 12.5. The zero-order chi connectivity index (χ0) is 14.7. The zero-order valence-electron chi connectivity index (χ0n) is 12.5. The Labute approximate surface area is 125 Å². The maximum atomic E-state index is 9.54. The first-order valence-corrected chi connectivity index (χ1v) is 7.70. The van der Waals surface area contributed by atoms with Crippen LogP contribution >= 0.6 is 0 Å². The summed E-state index contributed by atoms with van der Waals surface area (Å²) in [7, 11) is 1.69. The molecule has 0 radical (unpaired) electrons. The van der Waals surface area contributed by atoms with Gasteiger partial charge in [-0.2, -0.15) is 0 Å². The Balaban J connectivity index is 1.59. The topological polar surface area (TPSA) is 41.5 Å². The predicted molar refractivity (Wildman–Crippen MR) is 85.6 cm³/mol. The van der Waals surface area contributed by atoms with E-state index >= 15 is 0 Å². The van der Waals surface area contributed by atoms with Crippen molar-refractivity contribution < 1.29 is 9.84 Å². The summed E-state index contributed by atoms with van der Waals surface area (Å²) in [6, 6.07) is 12.7. The molecule has 1 aliphatic carbocycles. The summed E-state index contributed by atoms with van der Waals surface area (Å²) in [5.74, 6) is 1.53. The van der Waals surface area contributed by atoms with Gasteiger partial charge in [0.2, 0.25) is 0 Å². The van der Waals surface area contributed by atoms with Gasteiger partial charge in [0.05, 0.1) is 13.2 Å². The second-order valence-corrected chi connectivity index (χ2v) is 6.01. The van der Waals surface area contributed by atoms with Crippen LogP contribution in [0.3, 0.4) is 0 Å².